The third-order valence-corrected chi connectivity index (χ3v) is 1.95. The summed E-state index contributed by atoms with van der Waals surface area (Å²) < 4.78 is 0. The van der Waals surface area contributed by atoms with E-state index in [2.05, 4.69) is 0 Å². The largest absolute Gasteiger partial charge is 0.503 e. The van der Waals surface area contributed by atoms with Crippen molar-refractivity contribution in [3.8, 4) is 0 Å². The fourth-order valence-corrected chi connectivity index (χ4v) is 0.973. The summed E-state index contributed by atoms with van der Waals surface area (Å²) in [5.41, 5.74) is 0. The number of aliphatic hydroxyl groups excluding tert-OH is 2. The van der Waals surface area contributed by atoms with Gasteiger partial charge in [0.15, 0.2) is 11.5 Å². The molecule has 1 aliphatic rings. The molecule has 4 nitrogen and oxygen atoms in total. The molecule has 0 aliphatic heterocycles. The van der Waals surface area contributed by atoms with E-state index >= 15 is 0 Å². The molecule has 2 radical (unpaired) electrons. The van der Waals surface area contributed by atoms with Crippen molar-refractivity contribution in [2.24, 2.45) is 0 Å². The zero-order valence-electron chi connectivity index (χ0n) is 6.07. The van der Waals surface area contributed by atoms with Crippen molar-refractivity contribution in [3.63, 3.8) is 0 Å². The van der Waals surface area contributed by atoms with Gasteiger partial charge in [0.05, 0.1) is 0 Å². The van der Waals surface area contributed by atoms with Gasteiger partial charge in [0, 0.05) is 44.8 Å². The van der Waals surface area contributed by atoms with E-state index in [1.807, 2.05) is 0 Å². The van der Waals surface area contributed by atoms with Crippen LogP contribution in [0.25, 0.3) is 0 Å². The van der Waals surface area contributed by atoms with E-state index in [0.29, 0.717) is 0 Å². The normalized spacial score (nSPS) is 16.4. The number of aliphatic hydroxyl groups is 2. The Labute approximate surface area is 120 Å². The molecule has 0 aromatic rings. The maximum Gasteiger partial charge on any atom is 0.244 e. The Morgan fingerprint density at radius 2 is 1.00 bits per heavy atom. The molecule has 0 bridgehead atoms. The first-order chi connectivity index (χ1) is 5.46. The average Bonchev–Trinajstić information content (AvgIpc) is 2.08. The molecule has 0 saturated heterocycles. The number of hydrogen-bond donors (Lipinski definition) is 2. The molecule has 0 aromatic carbocycles. The minimum absolute atomic E-state index is 0. The molecule has 1 rings (SSSR count). The van der Waals surface area contributed by atoms with Crippen molar-refractivity contribution >= 4 is 34.8 Å². The molecule has 0 saturated carbocycles. The Kier molecular flexibility index (Phi) is 7.42. The van der Waals surface area contributed by atoms with Crippen LogP contribution in [-0.4, -0.2) is 21.8 Å². The Hall–Kier alpha value is 0.481. The molecule has 14 heavy (non-hydrogen) atoms. The predicted octanol–water partition coefficient (Wildman–Crippen LogP) is 1.15. The van der Waals surface area contributed by atoms with Gasteiger partial charge in [-0.1, -0.05) is 23.2 Å². The molecule has 8 heteroatoms. The zero-order valence-corrected chi connectivity index (χ0v) is 10.5. The molecular formula is C6H2Ag2Cl2O4. The Morgan fingerprint density at radius 3 is 1.21 bits per heavy atom. The summed E-state index contributed by atoms with van der Waals surface area (Å²) in [6.07, 6.45) is 0. The number of carbonyl (C=O) groups is 2. The predicted molar refractivity (Wildman–Crippen MR) is 41.0 cm³/mol. The summed E-state index contributed by atoms with van der Waals surface area (Å²) in [6.45, 7) is 0. The number of hydrogen-bond acceptors (Lipinski definition) is 4. The maximum absolute atomic E-state index is 10.8. The third-order valence-electron chi connectivity index (χ3n) is 1.24. The monoisotopic (exact) mass is 422 g/mol. The Bertz CT molecular complexity index is 286. The van der Waals surface area contributed by atoms with Gasteiger partial charge < -0.3 is 10.2 Å². The molecule has 2 N–H and O–H groups in total. The standard InChI is InChI=1S/C6H2Cl2O4.2Ag/c7-1-3(9)5(11)2(8)6(12)4(1)10;;/h9,12H;;. The van der Waals surface area contributed by atoms with Crippen LogP contribution in [0.2, 0.25) is 0 Å². The van der Waals surface area contributed by atoms with Gasteiger partial charge in [-0.15, -0.1) is 0 Å². The van der Waals surface area contributed by atoms with Crippen LogP contribution in [0.15, 0.2) is 21.6 Å². The molecule has 0 aromatic heterocycles. The fraction of sp³-hybridized carbons (Fsp3) is 0. The number of Topliss-reactive ketones (excluding diaryl/α,β-unsaturated/α-hetero) is 2. The second kappa shape index (κ2) is 6.15. The van der Waals surface area contributed by atoms with Crippen molar-refractivity contribution in [2.45, 2.75) is 0 Å². The van der Waals surface area contributed by atoms with Crippen LogP contribution >= 0.6 is 23.2 Å². The molecule has 0 unspecified atom stereocenters. The zero-order chi connectivity index (χ0) is 9.46. The van der Waals surface area contributed by atoms with Crippen LogP contribution in [0.5, 0.6) is 0 Å². The minimum atomic E-state index is -1.06. The Balaban J connectivity index is 0. The summed E-state index contributed by atoms with van der Waals surface area (Å²) in [6, 6.07) is 0. The number of allylic oxidation sites excluding steroid dienone is 2. The van der Waals surface area contributed by atoms with Crippen LogP contribution in [0.1, 0.15) is 0 Å². The van der Waals surface area contributed by atoms with Crippen molar-refractivity contribution < 1.29 is 64.6 Å². The molecule has 0 amide bonds. The topological polar surface area (TPSA) is 74.6 Å². The first kappa shape index (κ1) is 16.9. The van der Waals surface area contributed by atoms with E-state index < -0.39 is 33.1 Å². The van der Waals surface area contributed by atoms with E-state index in [0.717, 1.165) is 0 Å². The van der Waals surface area contributed by atoms with E-state index in [1.54, 1.807) is 0 Å². The van der Waals surface area contributed by atoms with Crippen LogP contribution in [0, 0.1) is 0 Å². The van der Waals surface area contributed by atoms with Gasteiger partial charge in [0.1, 0.15) is 10.1 Å². The average molecular weight is 425 g/mol. The van der Waals surface area contributed by atoms with E-state index in [1.165, 1.54) is 0 Å². The fourth-order valence-electron chi connectivity index (χ4n) is 0.622. The van der Waals surface area contributed by atoms with Crippen LogP contribution in [0.3, 0.4) is 0 Å². The van der Waals surface area contributed by atoms with Gasteiger partial charge in [-0.05, 0) is 0 Å². The van der Waals surface area contributed by atoms with Gasteiger partial charge >= 0.3 is 0 Å². The maximum atomic E-state index is 10.8. The molecule has 0 fully saturated rings. The van der Waals surface area contributed by atoms with Gasteiger partial charge in [-0.3, -0.25) is 9.59 Å². The molecule has 1 aliphatic carbocycles. The number of carbonyl (C=O) groups excluding carboxylic acids is 2. The van der Waals surface area contributed by atoms with Crippen LogP contribution < -0.4 is 0 Å². The van der Waals surface area contributed by atoms with E-state index in [-0.39, 0.29) is 44.8 Å². The Morgan fingerprint density at radius 1 is 0.786 bits per heavy atom. The first-order valence-electron chi connectivity index (χ1n) is 2.73. The van der Waals surface area contributed by atoms with Gasteiger partial charge in [-0.2, -0.15) is 0 Å². The van der Waals surface area contributed by atoms with Crippen molar-refractivity contribution in [2.75, 3.05) is 0 Å². The van der Waals surface area contributed by atoms with E-state index in [9.17, 15) is 9.59 Å². The number of ketones is 2. The first-order valence-corrected chi connectivity index (χ1v) is 3.49. The van der Waals surface area contributed by atoms with E-state index in [4.69, 9.17) is 33.4 Å². The molecule has 86 valence electrons. The van der Waals surface area contributed by atoms with Crippen LogP contribution in [-0.2, 0) is 54.3 Å². The van der Waals surface area contributed by atoms with Crippen LogP contribution in [0.4, 0.5) is 0 Å². The smallest absolute Gasteiger partial charge is 0.244 e. The van der Waals surface area contributed by atoms with Gasteiger partial charge in [0.25, 0.3) is 0 Å². The second-order valence-electron chi connectivity index (χ2n) is 1.98. The second-order valence-corrected chi connectivity index (χ2v) is 2.74. The SMILES string of the molecule is O=C1C(O)=C(Cl)C(=O)C(O)=C1Cl.[Ag].[Ag]. The molecule has 0 atom stereocenters. The van der Waals surface area contributed by atoms with Gasteiger partial charge in [0.2, 0.25) is 11.6 Å². The van der Waals surface area contributed by atoms with Crippen molar-refractivity contribution in [1.82, 2.24) is 0 Å². The van der Waals surface area contributed by atoms with Crippen molar-refractivity contribution in [1.29, 1.82) is 0 Å². The van der Waals surface area contributed by atoms with Crippen molar-refractivity contribution in [3.05, 3.63) is 21.6 Å². The summed E-state index contributed by atoms with van der Waals surface area (Å²) >= 11 is 10.4. The molecular weight excluding hydrogens is 423 g/mol. The summed E-state index contributed by atoms with van der Waals surface area (Å²) in [5.74, 6) is -3.99. The third kappa shape index (κ3) is 2.74. The number of rotatable bonds is 0. The quantitative estimate of drug-likeness (QED) is 0.452. The molecule has 0 heterocycles. The summed E-state index contributed by atoms with van der Waals surface area (Å²) in [5, 5.41) is 16.3. The molecule has 0 spiro atoms. The minimum Gasteiger partial charge on any atom is -0.503 e. The number of halogens is 2. The summed E-state index contributed by atoms with van der Waals surface area (Å²) in [7, 11) is 0. The summed E-state index contributed by atoms with van der Waals surface area (Å²) in [4.78, 5) is 21.6. The van der Waals surface area contributed by atoms with Gasteiger partial charge in [-0.25, -0.2) is 0 Å².